The molecule has 0 aromatic carbocycles. The predicted molar refractivity (Wildman–Crippen MR) is 62.9 cm³/mol. The van der Waals surface area contributed by atoms with E-state index in [-0.39, 0.29) is 18.6 Å². The SMILES string of the molecule is CCC(CC)NC(=O)CSCC(O)CO. The van der Waals surface area contributed by atoms with Crippen molar-refractivity contribution in [2.24, 2.45) is 0 Å². The van der Waals surface area contributed by atoms with Gasteiger partial charge in [0.15, 0.2) is 0 Å². The average Bonchev–Trinajstić information content (AvgIpc) is 2.25. The second kappa shape index (κ2) is 9.00. The minimum atomic E-state index is -0.726. The van der Waals surface area contributed by atoms with Gasteiger partial charge < -0.3 is 15.5 Å². The van der Waals surface area contributed by atoms with Gasteiger partial charge in [0.2, 0.25) is 5.91 Å². The molecule has 1 atom stereocenters. The molecule has 0 rings (SSSR count). The van der Waals surface area contributed by atoms with E-state index in [9.17, 15) is 4.79 Å². The van der Waals surface area contributed by atoms with Crippen LogP contribution in [0.5, 0.6) is 0 Å². The molecule has 0 spiro atoms. The Kier molecular flexibility index (Phi) is 8.85. The number of carbonyl (C=O) groups is 1. The maximum Gasteiger partial charge on any atom is 0.230 e. The number of nitrogens with one attached hydrogen (secondary N) is 1. The molecule has 1 unspecified atom stereocenters. The molecule has 5 heteroatoms. The Morgan fingerprint density at radius 1 is 1.40 bits per heavy atom. The summed E-state index contributed by atoms with van der Waals surface area (Å²) in [7, 11) is 0. The molecule has 0 aromatic heterocycles. The minimum absolute atomic E-state index is 0.00107. The molecule has 0 radical (unpaired) electrons. The number of rotatable bonds is 8. The molecule has 0 saturated carbocycles. The summed E-state index contributed by atoms with van der Waals surface area (Å²) >= 11 is 1.33. The summed E-state index contributed by atoms with van der Waals surface area (Å²) < 4.78 is 0. The molecule has 15 heavy (non-hydrogen) atoms. The molecule has 90 valence electrons. The van der Waals surface area contributed by atoms with Crippen molar-refractivity contribution in [1.82, 2.24) is 5.32 Å². The van der Waals surface area contributed by atoms with Crippen LogP contribution in [0.2, 0.25) is 0 Å². The molecule has 0 saturated heterocycles. The Bertz CT molecular complexity index is 174. The molecule has 0 aromatic rings. The zero-order valence-electron chi connectivity index (χ0n) is 9.40. The number of aliphatic hydroxyl groups is 2. The molecule has 0 fully saturated rings. The zero-order chi connectivity index (χ0) is 11.7. The second-order valence-electron chi connectivity index (χ2n) is 3.43. The van der Waals surface area contributed by atoms with E-state index in [0.717, 1.165) is 12.8 Å². The molecular weight excluding hydrogens is 214 g/mol. The number of amides is 1. The second-order valence-corrected chi connectivity index (χ2v) is 4.46. The lowest BCUT2D eigenvalue weighted by molar-refractivity contribution is -0.119. The van der Waals surface area contributed by atoms with Crippen LogP contribution in [0.15, 0.2) is 0 Å². The van der Waals surface area contributed by atoms with Gasteiger partial charge in [-0.3, -0.25) is 4.79 Å². The van der Waals surface area contributed by atoms with E-state index >= 15 is 0 Å². The molecule has 0 heterocycles. The number of hydrogen-bond donors (Lipinski definition) is 3. The Labute approximate surface area is 95.4 Å². The van der Waals surface area contributed by atoms with Gasteiger partial charge in [0.05, 0.1) is 18.5 Å². The van der Waals surface area contributed by atoms with E-state index in [0.29, 0.717) is 11.5 Å². The summed E-state index contributed by atoms with van der Waals surface area (Å²) in [5.41, 5.74) is 0. The molecule has 0 bridgehead atoms. The quantitative estimate of drug-likeness (QED) is 0.569. The topological polar surface area (TPSA) is 69.6 Å². The highest BCUT2D eigenvalue weighted by atomic mass is 32.2. The molecule has 0 aliphatic carbocycles. The summed E-state index contributed by atoms with van der Waals surface area (Å²) in [5.74, 6) is 0.735. The Hall–Kier alpha value is -0.260. The van der Waals surface area contributed by atoms with Crippen LogP contribution < -0.4 is 5.32 Å². The largest absolute Gasteiger partial charge is 0.394 e. The highest BCUT2D eigenvalue weighted by Gasteiger charge is 2.09. The van der Waals surface area contributed by atoms with Crippen LogP contribution in [0.3, 0.4) is 0 Å². The lowest BCUT2D eigenvalue weighted by atomic mass is 10.2. The Morgan fingerprint density at radius 3 is 2.47 bits per heavy atom. The molecule has 1 amide bonds. The maximum absolute atomic E-state index is 11.4. The van der Waals surface area contributed by atoms with Gasteiger partial charge in [-0.15, -0.1) is 11.8 Å². The van der Waals surface area contributed by atoms with Crippen LogP contribution in [0.4, 0.5) is 0 Å². The molecule has 0 aliphatic rings. The van der Waals surface area contributed by atoms with Gasteiger partial charge in [-0.25, -0.2) is 0 Å². The van der Waals surface area contributed by atoms with Crippen LogP contribution in [0, 0.1) is 0 Å². The fourth-order valence-electron chi connectivity index (χ4n) is 1.10. The Morgan fingerprint density at radius 2 is 2.00 bits per heavy atom. The van der Waals surface area contributed by atoms with Gasteiger partial charge in [-0.05, 0) is 12.8 Å². The fourth-order valence-corrected chi connectivity index (χ4v) is 1.87. The third-order valence-electron chi connectivity index (χ3n) is 2.10. The van der Waals surface area contributed by atoms with E-state index in [4.69, 9.17) is 10.2 Å². The van der Waals surface area contributed by atoms with Crippen molar-refractivity contribution in [2.45, 2.75) is 38.8 Å². The van der Waals surface area contributed by atoms with Crippen molar-refractivity contribution in [3.63, 3.8) is 0 Å². The number of aliphatic hydroxyl groups excluding tert-OH is 2. The third kappa shape index (κ3) is 7.64. The van der Waals surface area contributed by atoms with Crippen molar-refractivity contribution in [2.75, 3.05) is 18.1 Å². The third-order valence-corrected chi connectivity index (χ3v) is 3.19. The van der Waals surface area contributed by atoms with E-state index in [1.807, 2.05) is 13.8 Å². The molecule has 0 aliphatic heterocycles. The van der Waals surface area contributed by atoms with Crippen molar-refractivity contribution < 1.29 is 15.0 Å². The van der Waals surface area contributed by atoms with E-state index in [2.05, 4.69) is 5.32 Å². The van der Waals surface area contributed by atoms with Crippen molar-refractivity contribution >= 4 is 17.7 Å². The van der Waals surface area contributed by atoms with Crippen LogP contribution in [-0.2, 0) is 4.79 Å². The monoisotopic (exact) mass is 235 g/mol. The summed E-state index contributed by atoms with van der Waals surface area (Å²) in [6, 6.07) is 0.251. The number of carbonyl (C=O) groups excluding carboxylic acids is 1. The number of hydrogen-bond acceptors (Lipinski definition) is 4. The van der Waals surface area contributed by atoms with Gasteiger partial charge in [0.25, 0.3) is 0 Å². The lowest BCUT2D eigenvalue weighted by Gasteiger charge is -2.14. The predicted octanol–water partition coefficient (Wildman–Crippen LogP) is 0.378. The first-order valence-corrected chi connectivity index (χ1v) is 6.45. The first kappa shape index (κ1) is 14.7. The van der Waals surface area contributed by atoms with E-state index in [1.54, 1.807) is 0 Å². The fraction of sp³-hybridized carbons (Fsp3) is 0.900. The van der Waals surface area contributed by atoms with E-state index in [1.165, 1.54) is 11.8 Å². The van der Waals surface area contributed by atoms with Gasteiger partial charge in [-0.2, -0.15) is 0 Å². The van der Waals surface area contributed by atoms with Gasteiger partial charge in [-0.1, -0.05) is 13.8 Å². The number of thioether (sulfide) groups is 1. The highest BCUT2D eigenvalue weighted by molar-refractivity contribution is 7.99. The first-order valence-electron chi connectivity index (χ1n) is 5.30. The van der Waals surface area contributed by atoms with Crippen LogP contribution in [0.25, 0.3) is 0 Å². The van der Waals surface area contributed by atoms with Gasteiger partial charge in [0.1, 0.15) is 0 Å². The van der Waals surface area contributed by atoms with Crippen LogP contribution >= 0.6 is 11.8 Å². The first-order chi connectivity index (χ1) is 7.13. The molecule has 4 nitrogen and oxygen atoms in total. The summed E-state index contributed by atoms with van der Waals surface area (Å²) in [6.07, 6.45) is 1.15. The summed E-state index contributed by atoms with van der Waals surface area (Å²) in [6.45, 7) is 3.83. The zero-order valence-corrected chi connectivity index (χ0v) is 10.2. The van der Waals surface area contributed by atoms with Crippen molar-refractivity contribution in [1.29, 1.82) is 0 Å². The van der Waals surface area contributed by atoms with Gasteiger partial charge >= 0.3 is 0 Å². The normalized spacial score (nSPS) is 12.9. The van der Waals surface area contributed by atoms with Gasteiger partial charge in [0, 0.05) is 11.8 Å². The smallest absolute Gasteiger partial charge is 0.230 e. The maximum atomic E-state index is 11.4. The Balaban J connectivity index is 3.56. The minimum Gasteiger partial charge on any atom is -0.394 e. The van der Waals surface area contributed by atoms with Crippen LogP contribution in [-0.4, -0.2) is 46.4 Å². The van der Waals surface area contributed by atoms with Crippen LogP contribution in [0.1, 0.15) is 26.7 Å². The average molecular weight is 235 g/mol. The van der Waals surface area contributed by atoms with E-state index < -0.39 is 6.10 Å². The standard InChI is InChI=1S/C10H21NO3S/c1-3-8(4-2)11-10(14)7-15-6-9(13)5-12/h8-9,12-13H,3-7H2,1-2H3,(H,11,14). The summed E-state index contributed by atoms with van der Waals surface area (Å²) in [4.78, 5) is 11.4. The van der Waals surface area contributed by atoms with Crippen molar-refractivity contribution in [3.8, 4) is 0 Å². The molecule has 3 N–H and O–H groups in total. The highest BCUT2D eigenvalue weighted by Crippen LogP contribution is 2.03. The summed E-state index contributed by atoms with van der Waals surface area (Å²) in [5, 5.41) is 20.5. The lowest BCUT2D eigenvalue weighted by Crippen LogP contribution is -2.35. The van der Waals surface area contributed by atoms with Crippen molar-refractivity contribution in [3.05, 3.63) is 0 Å². The molecular formula is C10H21NO3S.